The molecular weight excluding hydrogens is 214 g/mol. The average Bonchev–Trinajstić information content (AvgIpc) is 2.37. The molecule has 2 N–H and O–H groups in total. The number of benzene rings is 1. The van der Waals surface area contributed by atoms with Crippen molar-refractivity contribution in [1.82, 2.24) is 5.32 Å². The first-order valence-corrected chi connectivity index (χ1v) is 6.10. The van der Waals surface area contributed by atoms with Gasteiger partial charge < -0.3 is 15.2 Å². The van der Waals surface area contributed by atoms with Crippen molar-refractivity contribution in [3.63, 3.8) is 0 Å². The van der Waals surface area contributed by atoms with Gasteiger partial charge in [0.2, 0.25) is 0 Å². The molecule has 0 aliphatic heterocycles. The van der Waals surface area contributed by atoms with Gasteiger partial charge in [0.25, 0.3) is 0 Å². The number of aliphatic hydroxyl groups excluding tert-OH is 1. The quantitative estimate of drug-likeness (QED) is 0.711. The molecule has 0 bridgehead atoms. The standard InChI is InChI=1S/C14H23NO2/c1-4-14(11-16,15-9-10-17-3)13-7-5-12(2)6-8-13/h5-8,15-16H,4,9-11H2,1-3H3. The molecule has 0 saturated heterocycles. The summed E-state index contributed by atoms with van der Waals surface area (Å²) in [4.78, 5) is 0. The zero-order valence-corrected chi connectivity index (χ0v) is 11.0. The third-order valence-electron chi connectivity index (χ3n) is 3.25. The minimum absolute atomic E-state index is 0.0935. The van der Waals surface area contributed by atoms with Crippen molar-refractivity contribution in [2.75, 3.05) is 26.9 Å². The van der Waals surface area contributed by atoms with E-state index in [1.54, 1.807) is 7.11 Å². The summed E-state index contributed by atoms with van der Waals surface area (Å²) >= 11 is 0. The summed E-state index contributed by atoms with van der Waals surface area (Å²) in [6.45, 7) is 5.62. The molecule has 0 fully saturated rings. The maximum Gasteiger partial charge on any atom is 0.0667 e. The lowest BCUT2D eigenvalue weighted by Gasteiger charge is -2.33. The lowest BCUT2D eigenvalue weighted by molar-refractivity contribution is 0.134. The van der Waals surface area contributed by atoms with Crippen LogP contribution in [0, 0.1) is 6.92 Å². The largest absolute Gasteiger partial charge is 0.394 e. The van der Waals surface area contributed by atoms with Gasteiger partial charge in [0.05, 0.1) is 18.8 Å². The van der Waals surface area contributed by atoms with Crippen LogP contribution in [0.25, 0.3) is 0 Å². The molecular formula is C14H23NO2. The number of nitrogens with one attached hydrogen (secondary N) is 1. The third-order valence-corrected chi connectivity index (χ3v) is 3.25. The van der Waals surface area contributed by atoms with Crippen LogP contribution < -0.4 is 5.32 Å². The van der Waals surface area contributed by atoms with E-state index < -0.39 is 0 Å². The first-order valence-electron chi connectivity index (χ1n) is 6.10. The van der Waals surface area contributed by atoms with Crippen LogP contribution in [-0.4, -0.2) is 32.0 Å². The highest BCUT2D eigenvalue weighted by atomic mass is 16.5. The molecule has 0 aliphatic rings. The highest BCUT2D eigenvalue weighted by Gasteiger charge is 2.28. The van der Waals surface area contributed by atoms with E-state index in [1.165, 1.54) is 5.56 Å². The van der Waals surface area contributed by atoms with Crippen molar-refractivity contribution < 1.29 is 9.84 Å². The van der Waals surface area contributed by atoms with E-state index in [4.69, 9.17) is 4.74 Å². The molecule has 1 aromatic rings. The molecule has 0 heterocycles. The Hall–Kier alpha value is -0.900. The summed E-state index contributed by atoms with van der Waals surface area (Å²) < 4.78 is 5.04. The lowest BCUT2D eigenvalue weighted by Crippen LogP contribution is -2.46. The fourth-order valence-corrected chi connectivity index (χ4v) is 1.96. The van der Waals surface area contributed by atoms with E-state index in [0.29, 0.717) is 6.61 Å². The SMILES string of the molecule is CCC(CO)(NCCOC)c1ccc(C)cc1. The van der Waals surface area contributed by atoms with Crippen molar-refractivity contribution in [3.8, 4) is 0 Å². The summed E-state index contributed by atoms with van der Waals surface area (Å²) in [6.07, 6.45) is 0.844. The van der Waals surface area contributed by atoms with Gasteiger partial charge >= 0.3 is 0 Å². The van der Waals surface area contributed by atoms with Gasteiger partial charge in [0.1, 0.15) is 0 Å². The first kappa shape index (κ1) is 14.2. The predicted molar refractivity (Wildman–Crippen MR) is 70.1 cm³/mol. The Morgan fingerprint density at radius 3 is 2.41 bits per heavy atom. The van der Waals surface area contributed by atoms with Crippen LogP contribution in [0.15, 0.2) is 24.3 Å². The van der Waals surface area contributed by atoms with E-state index in [9.17, 15) is 5.11 Å². The Kier molecular flexibility index (Phi) is 5.62. The summed E-state index contributed by atoms with van der Waals surface area (Å²) in [5.74, 6) is 0. The predicted octanol–water partition coefficient (Wildman–Crippen LogP) is 1.83. The molecule has 17 heavy (non-hydrogen) atoms. The maximum absolute atomic E-state index is 9.70. The van der Waals surface area contributed by atoms with E-state index in [-0.39, 0.29) is 12.1 Å². The zero-order valence-electron chi connectivity index (χ0n) is 11.0. The number of rotatable bonds is 7. The molecule has 0 spiro atoms. The molecule has 96 valence electrons. The van der Waals surface area contributed by atoms with Gasteiger partial charge in [-0.25, -0.2) is 0 Å². The van der Waals surface area contributed by atoms with Crippen molar-refractivity contribution in [3.05, 3.63) is 35.4 Å². The minimum Gasteiger partial charge on any atom is -0.394 e. The van der Waals surface area contributed by atoms with Crippen molar-refractivity contribution in [1.29, 1.82) is 0 Å². The van der Waals surface area contributed by atoms with E-state index in [2.05, 4.69) is 43.4 Å². The fourth-order valence-electron chi connectivity index (χ4n) is 1.96. The van der Waals surface area contributed by atoms with E-state index >= 15 is 0 Å². The average molecular weight is 237 g/mol. The molecule has 1 atom stereocenters. The molecule has 1 rings (SSSR count). The second-order valence-electron chi connectivity index (χ2n) is 4.38. The molecule has 0 amide bonds. The summed E-state index contributed by atoms with van der Waals surface area (Å²) in [5, 5.41) is 13.1. The van der Waals surface area contributed by atoms with Gasteiger partial charge in [0.15, 0.2) is 0 Å². The van der Waals surface area contributed by atoms with E-state index in [1.807, 2.05) is 0 Å². The van der Waals surface area contributed by atoms with Crippen molar-refractivity contribution in [2.45, 2.75) is 25.8 Å². The molecule has 1 unspecified atom stereocenters. The number of methoxy groups -OCH3 is 1. The molecule has 0 aromatic heterocycles. The Labute approximate surface area is 104 Å². The zero-order chi connectivity index (χ0) is 12.7. The van der Waals surface area contributed by atoms with Gasteiger partial charge in [-0.3, -0.25) is 0 Å². The van der Waals surface area contributed by atoms with E-state index in [0.717, 1.165) is 18.5 Å². The Bertz CT molecular complexity index is 317. The highest BCUT2D eigenvalue weighted by molar-refractivity contribution is 5.28. The number of aryl methyl sites for hydroxylation is 1. The maximum atomic E-state index is 9.70. The Morgan fingerprint density at radius 1 is 1.29 bits per heavy atom. The summed E-state index contributed by atoms with van der Waals surface area (Å²) in [6, 6.07) is 8.31. The van der Waals surface area contributed by atoms with Crippen LogP contribution in [0.2, 0.25) is 0 Å². The van der Waals surface area contributed by atoms with Crippen molar-refractivity contribution in [2.24, 2.45) is 0 Å². The van der Waals surface area contributed by atoms with Gasteiger partial charge in [-0.2, -0.15) is 0 Å². The molecule has 3 heteroatoms. The number of hydrogen-bond acceptors (Lipinski definition) is 3. The number of ether oxygens (including phenoxy) is 1. The number of hydrogen-bond donors (Lipinski definition) is 2. The topological polar surface area (TPSA) is 41.5 Å². The second kappa shape index (κ2) is 6.74. The van der Waals surface area contributed by atoms with Crippen LogP contribution in [0.3, 0.4) is 0 Å². The smallest absolute Gasteiger partial charge is 0.0667 e. The third kappa shape index (κ3) is 3.53. The first-order chi connectivity index (χ1) is 8.18. The summed E-state index contributed by atoms with van der Waals surface area (Å²) in [7, 11) is 1.68. The molecule has 0 radical (unpaired) electrons. The number of aliphatic hydroxyl groups is 1. The fraction of sp³-hybridized carbons (Fsp3) is 0.571. The molecule has 0 aliphatic carbocycles. The van der Waals surface area contributed by atoms with Crippen LogP contribution in [0.4, 0.5) is 0 Å². The van der Waals surface area contributed by atoms with Gasteiger partial charge in [-0.1, -0.05) is 36.8 Å². The second-order valence-corrected chi connectivity index (χ2v) is 4.38. The molecule has 0 saturated carbocycles. The van der Waals surface area contributed by atoms with Crippen LogP contribution >= 0.6 is 0 Å². The normalized spacial score (nSPS) is 14.6. The van der Waals surface area contributed by atoms with Gasteiger partial charge in [-0.05, 0) is 18.9 Å². The monoisotopic (exact) mass is 237 g/mol. The molecule has 1 aromatic carbocycles. The van der Waals surface area contributed by atoms with Crippen molar-refractivity contribution >= 4 is 0 Å². The molecule has 3 nitrogen and oxygen atoms in total. The highest BCUT2D eigenvalue weighted by Crippen LogP contribution is 2.24. The van der Waals surface area contributed by atoms with Gasteiger partial charge in [0, 0.05) is 13.7 Å². The minimum atomic E-state index is -0.355. The lowest BCUT2D eigenvalue weighted by atomic mass is 9.87. The van der Waals surface area contributed by atoms with Gasteiger partial charge in [-0.15, -0.1) is 0 Å². The summed E-state index contributed by atoms with van der Waals surface area (Å²) in [5.41, 5.74) is 2.00. The van der Waals surface area contributed by atoms with Crippen LogP contribution in [0.5, 0.6) is 0 Å². The Morgan fingerprint density at radius 2 is 1.94 bits per heavy atom. The van der Waals surface area contributed by atoms with Crippen LogP contribution in [0.1, 0.15) is 24.5 Å². The van der Waals surface area contributed by atoms with Crippen LogP contribution in [-0.2, 0) is 10.3 Å². The Balaban J connectivity index is 2.85.